The van der Waals surface area contributed by atoms with Crippen molar-refractivity contribution in [1.29, 1.82) is 0 Å². The summed E-state index contributed by atoms with van der Waals surface area (Å²) in [5, 5.41) is 1.90. The van der Waals surface area contributed by atoms with Crippen molar-refractivity contribution in [1.82, 2.24) is 0 Å². The molecule has 0 unspecified atom stereocenters. The normalized spacial score (nSPS) is 15.2. The number of aryl methyl sites for hydroxylation is 3. The average molecular weight is 618 g/mol. The fraction of sp³-hybridized carbons (Fsp3) is 0.346. The monoisotopic (exact) mass is 617 g/mol. The van der Waals surface area contributed by atoms with E-state index in [2.05, 4.69) is 33.7 Å². The molecule has 0 fully saturated rings. The maximum atomic E-state index is 11.3. The van der Waals surface area contributed by atoms with Gasteiger partial charge in [-0.05, 0) is 68.2 Å². The third-order valence-electron chi connectivity index (χ3n) is 6.03. The molecule has 0 bridgehead atoms. The van der Waals surface area contributed by atoms with Gasteiger partial charge in [-0.2, -0.15) is 13.0 Å². The van der Waals surface area contributed by atoms with Crippen LogP contribution in [0.4, 0.5) is 5.69 Å². The number of benzene rings is 2. The van der Waals surface area contributed by atoms with E-state index in [0.717, 1.165) is 47.5 Å². The van der Waals surface area contributed by atoms with Crippen LogP contribution in [0.25, 0.3) is 16.3 Å². The number of fused-ring (bicyclic) bond motifs is 2. The van der Waals surface area contributed by atoms with E-state index in [1.165, 1.54) is 0 Å². The molecule has 0 saturated heterocycles. The molecule has 0 amide bonds. The van der Waals surface area contributed by atoms with Gasteiger partial charge in [0.15, 0.2) is 6.54 Å². The van der Waals surface area contributed by atoms with Gasteiger partial charge in [0, 0.05) is 35.8 Å². The number of thiazole rings is 1. The number of hydrogen-bond acceptors (Lipinski definition) is 8. The molecule has 13 heteroatoms. The molecule has 4 rings (SSSR count). The molecule has 204 valence electrons. The predicted octanol–water partition coefficient (Wildman–Crippen LogP) is 1.88. The van der Waals surface area contributed by atoms with Crippen molar-refractivity contribution < 1.29 is 60.1 Å². The van der Waals surface area contributed by atoms with E-state index in [0.29, 0.717) is 13.1 Å². The van der Waals surface area contributed by atoms with Gasteiger partial charge in [-0.3, -0.25) is 4.55 Å². The van der Waals surface area contributed by atoms with E-state index in [1.807, 2.05) is 45.0 Å². The third kappa shape index (κ3) is 8.88. The topological polar surface area (TPSA) is 119 Å². The maximum Gasteiger partial charge on any atom is 1.00 e. The van der Waals surface area contributed by atoms with E-state index >= 15 is 0 Å². The standard InChI is InChI=1S/C26H30N2O6S4.Na/c1-18-6-8-23-21(14-18)27(10-4-12-37(29,30)31)25(35-23)16-20(3)17-26-28(11-5-13-38(32,33)34)22-15-19(2)7-9-24(22)36-26;/h6-9,14-17H,4-5,10-13H2,1-3H3,(H-,29,30,31,32,33,34);/q;+1. The molecule has 0 radical (unpaired) electrons. The molecule has 39 heavy (non-hydrogen) atoms. The fourth-order valence-electron chi connectivity index (χ4n) is 4.33. The second-order valence-corrected chi connectivity index (χ2v) is 14.6. The van der Waals surface area contributed by atoms with Crippen LogP contribution in [0.3, 0.4) is 0 Å². The van der Waals surface area contributed by atoms with Crippen LogP contribution in [0.15, 0.2) is 58.0 Å². The Kier molecular flexibility index (Phi) is 10.9. The van der Waals surface area contributed by atoms with Gasteiger partial charge in [-0.15, -0.1) is 0 Å². The van der Waals surface area contributed by atoms with Gasteiger partial charge in [-0.25, -0.2) is 8.42 Å². The molecule has 0 atom stereocenters. The Morgan fingerprint density at radius 2 is 1.74 bits per heavy atom. The molecule has 8 nitrogen and oxygen atoms in total. The van der Waals surface area contributed by atoms with Gasteiger partial charge < -0.3 is 9.45 Å². The van der Waals surface area contributed by atoms with Crippen molar-refractivity contribution in [3.05, 3.63) is 69.2 Å². The van der Waals surface area contributed by atoms with Crippen LogP contribution in [-0.4, -0.2) is 44.0 Å². The first-order valence-corrected chi connectivity index (χ1v) is 16.9. The number of hydrogen-bond donors (Lipinski definition) is 1. The number of thioether (sulfide) groups is 1. The summed E-state index contributed by atoms with van der Waals surface area (Å²) < 4.78 is 68.4. The zero-order chi connectivity index (χ0) is 27.7. The van der Waals surface area contributed by atoms with Crippen LogP contribution in [0, 0.1) is 13.8 Å². The summed E-state index contributed by atoms with van der Waals surface area (Å²) in [5.41, 5.74) is 5.15. The zero-order valence-corrected chi connectivity index (χ0v) is 27.6. The summed E-state index contributed by atoms with van der Waals surface area (Å²) in [6, 6.07) is 12.3. The molecular weight excluding hydrogens is 588 g/mol. The number of allylic oxidation sites excluding steroid dienone is 2. The van der Waals surface area contributed by atoms with Crippen LogP contribution in [0.5, 0.6) is 0 Å². The Morgan fingerprint density at radius 1 is 1.05 bits per heavy atom. The minimum Gasteiger partial charge on any atom is -0.748 e. The molecule has 1 aromatic heterocycles. The molecule has 1 aliphatic heterocycles. The maximum absolute atomic E-state index is 11.3. The van der Waals surface area contributed by atoms with Crippen LogP contribution in [0.2, 0.25) is 0 Å². The first-order valence-electron chi connectivity index (χ1n) is 12.1. The Morgan fingerprint density at radius 3 is 2.44 bits per heavy atom. The molecule has 2 heterocycles. The van der Waals surface area contributed by atoms with Crippen LogP contribution in [0.1, 0.15) is 35.9 Å². The second-order valence-electron chi connectivity index (χ2n) is 9.41. The molecule has 1 aliphatic rings. The number of rotatable bonds is 10. The summed E-state index contributed by atoms with van der Waals surface area (Å²) in [6.07, 6.45) is 4.61. The van der Waals surface area contributed by atoms with Crippen molar-refractivity contribution in [2.75, 3.05) is 23.0 Å². The van der Waals surface area contributed by atoms with E-state index in [9.17, 15) is 25.9 Å². The van der Waals surface area contributed by atoms with Crippen LogP contribution >= 0.6 is 23.1 Å². The Balaban J connectivity index is 0.00000420. The van der Waals surface area contributed by atoms with Crippen molar-refractivity contribution >= 4 is 65.3 Å². The Bertz CT molecular complexity index is 1650. The van der Waals surface area contributed by atoms with E-state index in [1.54, 1.807) is 23.1 Å². The largest absolute Gasteiger partial charge is 1.00 e. The Labute approximate surface area is 260 Å². The summed E-state index contributed by atoms with van der Waals surface area (Å²) in [7, 11) is -8.33. The van der Waals surface area contributed by atoms with E-state index in [4.69, 9.17) is 0 Å². The van der Waals surface area contributed by atoms with Gasteiger partial charge in [-0.1, -0.05) is 35.2 Å². The first kappa shape index (κ1) is 32.3. The number of aromatic nitrogens is 1. The smallest absolute Gasteiger partial charge is 0.748 e. The fourth-order valence-corrected chi connectivity index (χ4v) is 7.67. The molecule has 2 aromatic carbocycles. The summed E-state index contributed by atoms with van der Waals surface area (Å²) >= 11 is 3.21. The third-order valence-corrected chi connectivity index (χ3v) is 9.85. The zero-order valence-electron chi connectivity index (χ0n) is 22.4. The average Bonchev–Trinajstić information content (AvgIpc) is 3.29. The van der Waals surface area contributed by atoms with Crippen LogP contribution in [-0.2, 0) is 26.8 Å². The van der Waals surface area contributed by atoms with Gasteiger partial charge >= 0.3 is 29.6 Å². The second kappa shape index (κ2) is 13.2. The van der Waals surface area contributed by atoms with Gasteiger partial charge in [0.25, 0.3) is 15.1 Å². The number of anilines is 1. The molecule has 0 spiro atoms. The summed E-state index contributed by atoms with van der Waals surface area (Å²) in [5.74, 6) is -0.722. The summed E-state index contributed by atoms with van der Waals surface area (Å²) in [4.78, 5) is 3.16. The molecule has 0 saturated carbocycles. The van der Waals surface area contributed by atoms with Gasteiger partial charge in [0.2, 0.25) is 5.52 Å². The summed E-state index contributed by atoms with van der Waals surface area (Å²) in [6.45, 7) is 6.84. The van der Waals surface area contributed by atoms with Gasteiger partial charge in [0.1, 0.15) is 4.70 Å². The molecule has 0 aliphatic carbocycles. The quantitative estimate of drug-likeness (QED) is 0.208. The predicted molar refractivity (Wildman–Crippen MR) is 153 cm³/mol. The number of nitrogens with zero attached hydrogens (tertiary/aromatic N) is 2. The minimum absolute atomic E-state index is 0. The Hall–Kier alpha value is -1.22. The van der Waals surface area contributed by atoms with E-state index < -0.39 is 26.0 Å². The molecule has 1 N–H and O–H groups in total. The molecule has 3 aromatic rings. The van der Waals surface area contributed by atoms with E-state index in [-0.39, 0.29) is 48.2 Å². The SMILES string of the molecule is CC(=Cc1sc2ccc(C)cc2[n+]1CCCS(=O)(=O)[O-])C=C1Sc2ccc(C)cc2N1CCCS(=O)(=O)O.[Na+]. The van der Waals surface area contributed by atoms with Crippen molar-refractivity contribution in [2.45, 2.75) is 45.1 Å². The van der Waals surface area contributed by atoms with Crippen LogP contribution < -0.4 is 39.0 Å². The molecular formula is C26H30N2NaO6S4+. The van der Waals surface area contributed by atoms with Crippen molar-refractivity contribution in [3.63, 3.8) is 0 Å². The first-order chi connectivity index (χ1) is 17.8. The van der Waals surface area contributed by atoms with Gasteiger partial charge in [0.05, 0.1) is 26.6 Å². The van der Waals surface area contributed by atoms with Crippen molar-refractivity contribution in [3.8, 4) is 0 Å². The minimum atomic E-state index is -4.29. The van der Waals surface area contributed by atoms with Crippen molar-refractivity contribution in [2.24, 2.45) is 0 Å².